The minimum Gasteiger partial charge on any atom is -0.268 e. The van der Waals surface area contributed by atoms with Crippen molar-refractivity contribution in [1.82, 2.24) is 9.78 Å². The maximum Gasteiger partial charge on any atom is 0.0659 e. The first kappa shape index (κ1) is 13.2. The summed E-state index contributed by atoms with van der Waals surface area (Å²) in [5, 5.41) is 4.53. The molecule has 0 spiro atoms. The Balaban J connectivity index is 1.69. The van der Waals surface area contributed by atoms with Crippen molar-refractivity contribution in [3.05, 3.63) is 53.9 Å². The normalized spacial score (nSPS) is 23.4. The Labute approximate surface area is 128 Å². The van der Waals surface area contributed by atoms with Gasteiger partial charge in [0, 0.05) is 10.1 Å². The van der Waals surface area contributed by atoms with Crippen molar-refractivity contribution in [1.29, 1.82) is 0 Å². The highest BCUT2D eigenvalue weighted by atomic mass is 127. The number of halogens is 1. The van der Waals surface area contributed by atoms with Gasteiger partial charge in [-0.25, -0.2) is 0 Å². The molecule has 100 valence electrons. The fraction of sp³-hybridized carbons (Fsp3) is 0.438. The van der Waals surface area contributed by atoms with E-state index < -0.39 is 0 Å². The van der Waals surface area contributed by atoms with E-state index in [0.717, 1.165) is 16.4 Å². The summed E-state index contributed by atoms with van der Waals surface area (Å²) in [6.07, 6.45) is 9.71. The molecular weight excluding hydrogens is 347 g/mol. The van der Waals surface area contributed by atoms with Crippen LogP contribution >= 0.6 is 22.6 Å². The Morgan fingerprint density at radius 2 is 2.05 bits per heavy atom. The zero-order valence-corrected chi connectivity index (χ0v) is 13.2. The smallest absolute Gasteiger partial charge is 0.0659 e. The average Bonchev–Trinajstić information content (AvgIpc) is 2.88. The molecule has 0 N–H and O–H groups in total. The van der Waals surface area contributed by atoms with Gasteiger partial charge in [-0.05, 0) is 36.3 Å². The topological polar surface area (TPSA) is 17.8 Å². The predicted molar refractivity (Wildman–Crippen MR) is 86.8 cm³/mol. The van der Waals surface area contributed by atoms with E-state index in [4.69, 9.17) is 0 Å². The van der Waals surface area contributed by atoms with Crippen LogP contribution in [0.4, 0.5) is 0 Å². The third kappa shape index (κ3) is 3.38. The summed E-state index contributed by atoms with van der Waals surface area (Å²) in [7, 11) is 0. The van der Waals surface area contributed by atoms with Gasteiger partial charge in [0.1, 0.15) is 0 Å². The van der Waals surface area contributed by atoms with Gasteiger partial charge in [0.15, 0.2) is 0 Å². The first-order valence-corrected chi connectivity index (χ1v) is 8.26. The Kier molecular flexibility index (Phi) is 4.21. The second-order valence-corrected chi connectivity index (χ2v) is 7.18. The zero-order valence-electron chi connectivity index (χ0n) is 11.0. The monoisotopic (exact) mass is 366 g/mol. The standard InChI is InChI=1S/C16H19IN2/c17-16-8-4-7-14(9-16)15-10-18-19(12-15)11-13-5-2-1-3-6-13/h1-3,5-6,10,12,14,16H,4,7-9,11H2/t14-,16?/m0/s1. The van der Waals surface area contributed by atoms with Crippen molar-refractivity contribution in [2.45, 2.75) is 42.1 Å². The summed E-state index contributed by atoms with van der Waals surface area (Å²) in [5.74, 6) is 0.722. The second-order valence-electron chi connectivity index (χ2n) is 5.42. The van der Waals surface area contributed by atoms with Crippen molar-refractivity contribution >= 4 is 22.6 Å². The van der Waals surface area contributed by atoms with E-state index in [1.165, 1.54) is 36.8 Å². The van der Waals surface area contributed by atoms with Gasteiger partial charge in [-0.15, -0.1) is 0 Å². The molecule has 1 aliphatic carbocycles. The molecule has 1 saturated carbocycles. The van der Waals surface area contributed by atoms with Crippen molar-refractivity contribution in [3.8, 4) is 0 Å². The fourth-order valence-electron chi connectivity index (χ4n) is 2.88. The van der Waals surface area contributed by atoms with E-state index in [-0.39, 0.29) is 0 Å². The van der Waals surface area contributed by atoms with E-state index in [1.807, 2.05) is 0 Å². The number of nitrogens with zero attached hydrogens (tertiary/aromatic N) is 2. The molecule has 1 aromatic heterocycles. The van der Waals surface area contributed by atoms with Crippen molar-refractivity contribution in [3.63, 3.8) is 0 Å². The van der Waals surface area contributed by atoms with E-state index in [2.05, 4.69) is 75.1 Å². The van der Waals surface area contributed by atoms with Gasteiger partial charge in [-0.2, -0.15) is 5.10 Å². The first-order chi connectivity index (χ1) is 9.31. The molecule has 1 unspecified atom stereocenters. The maximum atomic E-state index is 4.53. The molecule has 1 aliphatic rings. The van der Waals surface area contributed by atoms with Crippen LogP contribution < -0.4 is 0 Å². The summed E-state index contributed by atoms with van der Waals surface area (Å²) in [6.45, 7) is 0.876. The maximum absolute atomic E-state index is 4.53. The van der Waals surface area contributed by atoms with Crippen LogP contribution in [0.25, 0.3) is 0 Å². The number of benzene rings is 1. The van der Waals surface area contributed by atoms with Gasteiger partial charge in [0.05, 0.1) is 12.7 Å². The van der Waals surface area contributed by atoms with Gasteiger partial charge in [0.25, 0.3) is 0 Å². The number of rotatable bonds is 3. The van der Waals surface area contributed by atoms with Gasteiger partial charge < -0.3 is 0 Å². The molecular formula is C16H19IN2. The van der Waals surface area contributed by atoms with E-state index in [9.17, 15) is 0 Å². The third-order valence-corrected chi connectivity index (χ3v) is 5.05. The van der Waals surface area contributed by atoms with E-state index in [0.29, 0.717) is 0 Å². The number of aromatic nitrogens is 2. The molecule has 1 heterocycles. The molecule has 0 amide bonds. The van der Waals surface area contributed by atoms with Crippen molar-refractivity contribution in [2.24, 2.45) is 0 Å². The highest BCUT2D eigenvalue weighted by Crippen LogP contribution is 2.35. The SMILES string of the molecule is IC1CCC[C@H](c2cnn(Cc3ccccc3)c2)C1. The van der Waals surface area contributed by atoms with Crippen molar-refractivity contribution < 1.29 is 0 Å². The van der Waals surface area contributed by atoms with E-state index in [1.54, 1.807) is 0 Å². The highest BCUT2D eigenvalue weighted by Gasteiger charge is 2.22. The summed E-state index contributed by atoms with van der Waals surface area (Å²) in [5.41, 5.74) is 2.74. The quantitative estimate of drug-likeness (QED) is 0.582. The molecule has 1 fully saturated rings. The Hall–Kier alpha value is -0.840. The first-order valence-electron chi connectivity index (χ1n) is 7.01. The lowest BCUT2D eigenvalue weighted by Gasteiger charge is -2.24. The molecule has 1 aromatic carbocycles. The Morgan fingerprint density at radius 3 is 2.84 bits per heavy atom. The lowest BCUT2D eigenvalue weighted by molar-refractivity contribution is 0.463. The molecule has 0 bridgehead atoms. The summed E-state index contributed by atoms with van der Waals surface area (Å²) in [6, 6.07) is 10.5. The van der Waals surface area contributed by atoms with Crippen LogP contribution in [-0.2, 0) is 6.54 Å². The highest BCUT2D eigenvalue weighted by molar-refractivity contribution is 14.1. The van der Waals surface area contributed by atoms with Gasteiger partial charge in [-0.3, -0.25) is 4.68 Å². The number of alkyl halides is 1. The number of hydrogen-bond donors (Lipinski definition) is 0. The van der Waals surface area contributed by atoms with Gasteiger partial charge >= 0.3 is 0 Å². The predicted octanol–water partition coefficient (Wildman–Crippen LogP) is 4.39. The third-order valence-electron chi connectivity index (χ3n) is 3.92. The van der Waals surface area contributed by atoms with Crippen LogP contribution in [-0.4, -0.2) is 13.7 Å². The summed E-state index contributed by atoms with van der Waals surface area (Å²) >= 11 is 2.60. The molecule has 2 aromatic rings. The molecule has 3 heteroatoms. The lowest BCUT2D eigenvalue weighted by Crippen LogP contribution is -2.13. The van der Waals surface area contributed by atoms with Crippen LogP contribution in [0.1, 0.15) is 42.7 Å². The van der Waals surface area contributed by atoms with Crippen LogP contribution in [0.5, 0.6) is 0 Å². The van der Waals surface area contributed by atoms with Crippen LogP contribution in [0, 0.1) is 0 Å². The van der Waals surface area contributed by atoms with Crippen LogP contribution in [0.15, 0.2) is 42.7 Å². The molecule has 3 rings (SSSR count). The minimum absolute atomic E-state index is 0.722. The van der Waals surface area contributed by atoms with Crippen molar-refractivity contribution in [2.75, 3.05) is 0 Å². The second kappa shape index (κ2) is 6.07. The molecule has 2 nitrogen and oxygen atoms in total. The number of hydrogen-bond acceptors (Lipinski definition) is 1. The molecule has 0 aliphatic heterocycles. The van der Waals surface area contributed by atoms with E-state index >= 15 is 0 Å². The lowest BCUT2D eigenvalue weighted by atomic mass is 9.85. The van der Waals surface area contributed by atoms with Crippen LogP contribution in [0.2, 0.25) is 0 Å². The Bertz CT molecular complexity index is 521. The van der Waals surface area contributed by atoms with Gasteiger partial charge in [0.2, 0.25) is 0 Å². The zero-order chi connectivity index (χ0) is 13.1. The van der Waals surface area contributed by atoms with Gasteiger partial charge in [-0.1, -0.05) is 59.3 Å². The summed E-state index contributed by atoms with van der Waals surface area (Å²) < 4.78 is 2.91. The molecule has 0 saturated heterocycles. The minimum atomic E-state index is 0.722. The largest absolute Gasteiger partial charge is 0.268 e. The fourth-order valence-corrected chi connectivity index (χ4v) is 3.93. The molecule has 19 heavy (non-hydrogen) atoms. The molecule has 2 atom stereocenters. The van der Waals surface area contributed by atoms with Crippen LogP contribution in [0.3, 0.4) is 0 Å². The average molecular weight is 366 g/mol. The Morgan fingerprint density at radius 1 is 1.21 bits per heavy atom. The molecule has 0 radical (unpaired) electrons. The summed E-state index contributed by atoms with van der Waals surface area (Å²) in [4.78, 5) is 0.